The molecule has 3 N–H and O–H groups in total. The van der Waals surface area contributed by atoms with Crippen LogP contribution in [0.4, 0.5) is 17.5 Å². The van der Waals surface area contributed by atoms with Crippen LogP contribution in [0.3, 0.4) is 0 Å². The molecule has 0 radical (unpaired) electrons. The third kappa shape index (κ3) is 3.39. The van der Waals surface area contributed by atoms with E-state index in [1.807, 2.05) is 39.6 Å². The number of likely N-dealkylation sites (N-methyl/N-ethyl adjacent to an activating group) is 1. The Bertz CT molecular complexity index is 572. The summed E-state index contributed by atoms with van der Waals surface area (Å²) in [4.78, 5) is 22.7. The second-order valence-electron chi connectivity index (χ2n) is 5.97. The highest BCUT2D eigenvalue weighted by molar-refractivity contribution is 6.03. The number of fused-ring (bicyclic) bond motifs is 1. The number of carbonyl (C=O) groups excluding carboxylic acids is 1. The Morgan fingerprint density at radius 2 is 2.00 bits per heavy atom. The number of hydrogen-bond acceptors (Lipinski definition) is 6. The molecule has 128 valence electrons. The molecule has 1 amide bonds. The van der Waals surface area contributed by atoms with Crippen LogP contribution >= 0.6 is 0 Å². The number of anilines is 3. The molecule has 1 fully saturated rings. The van der Waals surface area contributed by atoms with Crippen LogP contribution in [0, 0.1) is 12.8 Å². The largest absolute Gasteiger partial charge is 0.396 e. The van der Waals surface area contributed by atoms with Gasteiger partial charge in [0.05, 0.1) is 5.69 Å². The number of rotatable bonds is 3. The van der Waals surface area contributed by atoms with Crippen LogP contribution < -0.4 is 15.5 Å². The molecule has 3 rings (SSSR count). The van der Waals surface area contributed by atoms with E-state index in [4.69, 9.17) is 5.11 Å². The lowest BCUT2D eigenvalue weighted by molar-refractivity contribution is -0.117. The summed E-state index contributed by atoms with van der Waals surface area (Å²) >= 11 is 0. The first-order valence-electron chi connectivity index (χ1n) is 8.29. The molecule has 1 aromatic heterocycles. The minimum absolute atomic E-state index is 0.0396. The van der Waals surface area contributed by atoms with Gasteiger partial charge in [0, 0.05) is 19.7 Å². The lowest BCUT2D eigenvalue weighted by atomic mass is 9.81. The van der Waals surface area contributed by atoms with Crippen LogP contribution in [0.15, 0.2) is 0 Å². The molecule has 1 atom stereocenters. The highest BCUT2D eigenvalue weighted by Gasteiger charge is 2.32. The molecule has 7 nitrogen and oxygen atoms in total. The Labute approximate surface area is 137 Å². The van der Waals surface area contributed by atoms with Crippen molar-refractivity contribution in [2.45, 2.75) is 52.6 Å². The molecule has 23 heavy (non-hydrogen) atoms. The van der Waals surface area contributed by atoms with E-state index in [-0.39, 0.29) is 18.6 Å². The fourth-order valence-corrected chi connectivity index (χ4v) is 2.80. The van der Waals surface area contributed by atoms with E-state index < -0.39 is 0 Å². The number of aryl methyl sites for hydroxylation is 1. The molecule has 1 aromatic rings. The van der Waals surface area contributed by atoms with E-state index in [9.17, 15) is 4.79 Å². The van der Waals surface area contributed by atoms with E-state index in [0.29, 0.717) is 23.6 Å². The van der Waals surface area contributed by atoms with Crippen molar-refractivity contribution < 1.29 is 9.90 Å². The maximum absolute atomic E-state index is 11.9. The molecule has 2 aliphatic rings. The molecular weight excluding hydrogens is 294 g/mol. The SMILES string of the molecule is CC.Cc1nc(NC2CC(CO)C2)nc2c1NC(=O)[C@H](C)N2C. The van der Waals surface area contributed by atoms with Crippen LogP contribution in [0.25, 0.3) is 0 Å². The number of aliphatic hydroxyl groups is 1. The third-order valence-electron chi connectivity index (χ3n) is 4.44. The van der Waals surface area contributed by atoms with E-state index in [1.165, 1.54) is 0 Å². The van der Waals surface area contributed by atoms with Crippen molar-refractivity contribution in [2.24, 2.45) is 5.92 Å². The molecule has 1 saturated carbocycles. The van der Waals surface area contributed by atoms with Gasteiger partial charge in [-0.15, -0.1) is 0 Å². The first-order valence-corrected chi connectivity index (χ1v) is 8.29. The first-order chi connectivity index (χ1) is 11.0. The van der Waals surface area contributed by atoms with Gasteiger partial charge in [-0.25, -0.2) is 4.98 Å². The highest BCUT2D eigenvalue weighted by atomic mass is 16.3. The molecule has 0 saturated heterocycles. The molecular formula is C16H27N5O2. The number of nitrogens with one attached hydrogen (secondary N) is 2. The summed E-state index contributed by atoms with van der Waals surface area (Å²) in [6, 6.07) is 0.0719. The minimum atomic E-state index is -0.248. The number of aromatic nitrogens is 2. The predicted molar refractivity (Wildman–Crippen MR) is 91.8 cm³/mol. The van der Waals surface area contributed by atoms with E-state index in [0.717, 1.165) is 24.4 Å². The minimum Gasteiger partial charge on any atom is -0.396 e. The molecule has 1 aliphatic heterocycles. The van der Waals surface area contributed by atoms with E-state index in [2.05, 4.69) is 20.6 Å². The molecule has 0 spiro atoms. The standard InChI is InChI=1S/C14H21N5O2.C2H6/c1-7-11-12(19(3)8(2)13(21)17-11)18-14(15-7)16-10-4-9(5-10)6-20;1-2/h8-10,20H,4-6H2,1-3H3,(H,17,21)(H,15,16,18);1-2H3/t8-,9?,10?;/m0./s1. The summed E-state index contributed by atoms with van der Waals surface area (Å²) < 4.78 is 0. The summed E-state index contributed by atoms with van der Waals surface area (Å²) in [5, 5.41) is 15.2. The molecule has 0 unspecified atom stereocenters. The Kier molecular flexibility index (Phi) is 5.41. The molecule has 1 aliphatic carbocycles. The third-order valence-corrected chi connectivity index (χ3v) is 4.44. The van der Waals surface area contributed by atoms with Gasteiger partial charge in [-0.1, -0.05) is 13.8 Å². The van der Waals surface area contributed by atoms with Gasteiger partial charge in [-0.3, -0.25) is 4.79 Å². The summed E-state index contributed by atoms with van der Waals surface area (Å²) in [5.74, 6) is 1.68. The van der Waals surface area contributed by atoms with E-state index in [1.54, 1.807) is 0 Å². The Hall–Kier alpha value is -1.89. The van der Waals surface area contributed by atoms with Crippen LogP contribution in [-0.4, -0.2) is 46.7 Å². The fraction of sp³-hybridized carbons (Fsp3) is 0.688. The maximum atomic E-state index is 11.9. The van der Waals surface area contributed by atoms with Crippen LogP contribution in [-0.2, 0) is 4.79 Å². The zero-order valence-electron chi connectivity index (χ0n) is 14.6. The van der Waals surface area contributed by atoms with Crippen LogP contribution in [0.2, 0.25) is 0 Å². The lowest BCUT2D eigenvalue weighted by Crippen LogP contribution is -2.45. The second-order valence-corrected chi connectivity index (χ2v) is 5.97. The van der Waals surface area contributed by atoms with Crippen molar-refractivity contribution in [3.63, 3.8) is 0 Å². The Balaban J connectivity index is 0.000000924. The van der Waals surface area contributed by atoms with Crippen molar-refractivity contribution in [3.05, 3.63) is 5.69 Å². The quantitative estimate of drug-likeness (QED) is 0.786. The summed E-state index contributed by atoms with van der Waals surface area (Å²) in [6.07, 6.45) is 1.89. The van der Waals surface area contributed by atoms with Crippen molar-refractivity contribution in [3.8, 4) is 0 Å². The molecule has 2 heterocycles. The predicted octanol–water partition coefficient (Wildman–Crippen LogP) is 1.77. The Morgan fingerprint density at radius 3 is 2.61 bits per heavy atom. The number of carbonyl (C=O) groups is 1. The van der Waals surface area contributed by atoms with Crippen molar-refractivity contribution in [1.29, 1.82) is 0 Å². The van der Waals surface area contributed by atoms with Gasteiger partial charge >= 0.3 is 0 Å². The van der Waals surface area contributed by atoms with Gasteiger partial charge in [0.2, 0.25) is 11.9 Å². The van der Waals surface area contributed by atoms with Gasteiger partial charge in [0.15, 0.2) is 5.82 Å². The molecule has 0 bridgehead atoms. The number of nitrogens with zero attached hydrogens (tertiary/aromatic N) is 3. The first kappa shape index (κ1) is 17.5. The zero-order chi connectivity index (χ0) is 17.1. The smallest absolute Gasteiger partial charge is 0.246 e. The van der Waals surface area contributed by atoms with Gasteiger partial charge < -0.3 is 20.6 Å². The zero-order valence-corrected chi connectivity index (χ0v) is 14.6. The molecule has 7 heteroatoms. The average Bonchev–Trinajstić information content (AvgIpc) is 2.51. The summed E-state index contributed by atoms with van der Waals surface area (Å²) in [5.41, 5.74) is 1.45. The van der Waals surface area contributed by atoms with Gasteiger partial charge in [0.1, 0.15) is 11.7 Å². The molecule has 0 aromatic carbocycles. The van der Waals surface area contributed by atoms with Crippen LogP contribution in [0.5, 0.6) is 0 Å². The maximum Gasteiger partial charge on any atom is 0.246 e. The van der Waals surface area contributed by atoms with Crippen LogP contribution in [0.1, 0.15) is 39.3 Å². The lowest BCUT2D eigenvalue weighted by Gasteiger charge is -2.36. The topological polar surface area (TPSA) is 90.4 Å². The Morgan fingerprint density at radius 1 is 1.35 bits per heavy atom. The average molecular weight is 321 g/mol. The van der Waals surface area contributed by atoms with Crippen molar-refractivity contribution >= 4 is 23.4 Å². The number of hydrogen-bond donors (Lipinski definition) is 3. The highest BCUT2D eigenvalue weighted by Crippen LogP contribution is 2.34. The monoisotopic (exact) mass is 321 g/mol. The normalized spacial score (nSPS) is 25.6. The van der Waals surface area contributed by atoms with Gasteiger partial charge in [0.25, 0.3) is 0 Å². The number of amides is 1. The van der Waals surface area contributed by atoms with Gasteiger partial charge in [-0.05, 0) is 32.6 Å². The fourth-order valence-electron chi connectivity index (χ4n) is 2.80. The van der Waals surface area contributed by atoms with E-state index >= 15 is 0 Å². The summed E-state index contributed by atoms with van der Waals surface area (Å²) in [7, 11) is 1.86. The van der Waals surface area contributed by atoms with Crippen molar-refractivity contribution in [1.82, 2.24) is 9.97 Å². The second kappa shape index (κ2) is 7.12. The summed E-state index contributed by atoms with van der Waals surface area (Å²) in [6.45, 7) is 7.96. The van der Waals surface area contributed by atoms with Gasteiger partial charge in [-0.2, -0.15) is 4.98 Å². The van der Waals surface area contributed by atoms with Crippen molar-refractivity contribution in [2.75, 3.05) is 29.2 Å². The number of aliphatic hydroxyl groups excluding tert-OH is 1.